The van der Waals surface area contributed by atoms with Crippen LogP contribution in [0.3, 0.4) is 0 Å². The van der Waals surface area contributed by atoms with Crippen LogP contribution in [0, 0.1) is 0 Å². The molecule has 2 heterocycles. The van der Waals surface area contributed by atoms with Crippen molar-refractivity contribution in [1.29, 1.82) is 0 Å². The fourth-order valence-electron chi connectivity index (χ4n) is 1.96. The van der Waals surface area contributed by atoms with Crippen LogP contribution in [0.4, 0.5) is 14.5 Å². The van der Waals surface area contributed by atoms with Gasteiger partial charge in [0.15, 0.2) is 0 Å². The lowest BCUT2D eigenvalue weighted by molar-refractivity contribution is 0.115. The molecule has 0 N–H and O–H groups in total. The Morgan fingerprint density at radius 2 is 2.09 bits per heavy atom. The highest BCUT2D eigenvalue weighted by atomic mass is 35.5. The fourth-order valence-corrected chi connectivity index (χ4v) is 2.14. The third-order valence-corrected chi connectivity index (χ3v) is 3.28. The number of rotatable bonds is 5. The topological polar surface area (TPSA) is 68.2 Å². The van der Waals surface area contributed by atoms with E-state index in [1.165, 1.54) is 0 Å². The van der Waals surface area contributed by atoms with Gasteiger partial charge in [0.05, 0.1) is 6.54 Å². The van der Waals surface area contributed by atoms with E-state index in [-0.39, 0.29) is 11.7 Å². The molecule has 0 amide bonds. The maximum absolute atomic E-state index is 12.4. The predicted octanol–water partition coefficient (Wildman–Crippen LogP) is 3.95. The van der Waals surface area contributed by atoms with E-state index in [9.17, 15) is 8.78 Å². The normalized spacial score (nSPS) is 11.2. The Balaban J connectivity index is 1.74. The van der Waals surface area contributed by atoms with Crippen LogP contribution in [0.5, 0.6) is 0 Å². The molecule has 0 aliphatic carbocycles. The molecule has 0 radical (unpaired) electrons. The number of benzene rings is 1. The van der Waals surface area contributed by atoms with Crippen LogP contribution in [0.15, 0.2) is 39.3 Å². The van der Waals surface area contributed by atoms with Crippen LogP contribution in [-0.4, -0.2) is 22.4 Å². The van der Waals surface area contributed by atoms with Crippen molar-refractivity contribution in [3.63, 3.8) is 0 Å². The van der Waals surface area contributed by atoms with Crippen molar-refractivity contribution >= 4 is 17.3 Å². The third-order valence-electron chi connectivity index (χ3n) is 3.05. The van der Waals surface area contributed by atoms with Crippen LogP contribution in [0.25, 0.3) is 11.7 Å². The zero-order valence-electron chi connectivity index (χ0n) is 11.9. The summed E-state index contributed by atoms with van der Waals surface area (Å²) in [5.41, 5.74) is 1.49. The van der Waals surface area contributed by atoms with Gasteiger partial charge < -0.3 is 13.8 Å². The average Bonchev–Trinajstić information content (AvgIpc) is 3.15. The van der Waals surface area contributed by atoms with Crippen molar-refractivity contribution in [3.05, 3.63) is 46.9 Å². The second kappa shape index (κ2) is 6.33. The van der Waals surface area contributed by atoms with Gasteiger partial charge in [-0.15, -0.1) is 10.2 Å². The van der Waals surface area contributed by atoms with Gasteiger partial charge in [0.25, 0.3) is 11.8 Å². The summed E-state index contributed by atoms with van der Waals surface area (Å²) >= 11 is 5.95. The van der Waals surface area contributed by atoms with Crippen molar-refractivity contribution in [2.24, 2.45) is 0 Å². The van der Waals surface area contributed by atoms with Gasteiger partial charge in [0, 0.05) is 23.8 Å². The van der Waals surface area contributed by atoms with E-state index < -0.39 is 12.3 Å². The summed E-state index contributed by atoms with van der Waals surface area (Å²) in [6.07, 6.45) is -2.83. The minimum atomic E-state index is -2.83. The van der Waals surface area contributed by atoms with Crippen molar-refractivity contribution in [2.75, 3.05) is 11.9 Å². The largest absolute Gasteiger partial charge is 0.412 e. The van der Waals surface area contributed by atoms with Gasteiger partial charge in [-0.25, -0.2) is 0 Å². The van der Waals surface area contributed by atoms with E-state index in [0.29, 0.717) is 17.3 Å². The number of anilines is 1. The molecule has 0 aliphatic heterocycles. The molecule has 0 unspecified atom stereocenters. The molecule has 2 aromatic heterocycles. The van der Waals surface area contributed by atoms with Crippen molar-refractivity contribution in [2.45, 2.75) is 13.0 Å². The molecule has 3 aromatic rings. The first kappa shape index (κ1) is 15.4. The maximum Gasteiger partial charge on any atom is 0.314 e. The number of hydrogen-bond donors (Lipinski definition) is 0. The highest BCUT2D eigenvalue weighted by molar-refractivity contribution is 6.30. The number of nitrogens with zero attached hydrogens (tertiary/aromatic N) is 4. The maximum atomic E-state index is 12.4. The SMILES string of the molecule is CN(Cc1cc(-c2nnc(C(F)F)o2)on1)c1cccc(Cl)c1. The van der Waals surface area contributed by atoms with Crippen LogP contribution in [0.1, 0.15) is 18.0 Å². The van der Waals surface area contributed by atoms with Crippen molar-refractivity contribution in [3.8, 4) is 11.7 Å². The zero-order chi connectivity index (χ0) is 16.4. The van der Waals surface area contributed by atoms with Crippen LogP contribution in [-0.2, 0) is 6.54 Å². The van der Waals surface area contributed by atoms with Gasteiger partial charge in [-0.1, -0.05) is 22.8 Å². The first-order chi connectivity index (χ1) is 11.0. The minimum Gasteiger partial charge on any atom is -0.412 e. The number of alkyl halides is 2. The van der Waals surface area contributed by atoms with Crippen LogP contribution < -0.4 is 4.90 Å². The van der Waals surface area contributed by atoms with E-state index in [1.807, 2.05) is 30.1 Å². The monoisotopic (exact) mass is 340 g/mol. The number of halogens is 3. The van der Waals surface area contributed by atoms with Gasteiger partial charge in [-0.05, 0) is 18.2 Å². The summed E-state index contributed by atoms with van der Waals surface area (Å²) in [6, 6.07) is 8.90. The standard InChI is InChI=1S/C14H11ClF2N4O2/c1-21(10-4-2-3-8(15)5-10)7-9-6-11(23-20-9)13-18-19-14(22-13)12(16)17/h2-6,12H,7H2,1H3. The second-order valence-corrected chi connectivity index (χ2v) is 5.20. The highest BCUT2D eigenvalue weighted by Gasteiger charge is 2.20. The zero-order valence-corrected chi connectivity index (χ0v) is 12.7. The van der Waals surface area contributed by atoms with Crippen molar-refractivity contribution in [1.82, 2.24) is 15.4 Å². The Morgan fingerprint density at radius 1 is 1.26 bits per heavy atom. The molecule has 0 saturated carbocycles. The molecule has 0 fully saturated rings. The van der Waals surface area contributed by atoms with E-state index >= 15 is 0 Å². The predicted molar refractivity (Wildman–Crippen MR) is 78.3 cm³/mol. The van der Waals surface area contributed by atoms with Gasteiger partial charge in [0.1, 0.15) is 5.69 Å². The molecular formula is C14H11ClF2N4O2. The fraction of sp³-hybridized carbons (Fsp3) is 0.214. The first-order valence-corrected chi connectivity index (χ1v) is 6.95. The molecular weight excluding hydrogens is 330 g/mol. The van der Waals surface area contributed by atoms with E-state index in [4.69, 9.17) is 20.5 Å². The van der Waals surface area contributed by atoms with E-state index in [1.54, 1.807) is 12.1 Å². The summed E-state index contributed by atoms with van der Waals surface area (Å²) in [6.45, 7) is 0.430. The Hall–Kier alpha value is -2.48. The van der Waals surface area contributed by atoms with Crippen molar-refractivity contribution < 1.29 is 17.7 Å². The summed E-state index contributed by atoms with van der Waals surface area (Å²) in [4.78, 5) is 1.91. The van der Waals surface area contributed by atoms with E-state index in [0.717, 1.165) is 5.69 Å². The molecule has 0 spiro atoms. The molecule has 1 aromatic carbocycles. The lowest BCUT2D eigenvalue weighted by Gasteiger charge is -2.17. The smallest absolute Gasteiger partial charge is 0.314 e. The summed E-state index contributed by atoms with van der Waals surface area (Å²) in [5, 5.41) is 11.2. The summed E-state index contributed by atoms with van der Waals surface area (Å²) in [7, 11) is 1.86. The molecule has 120 valence electrons. The van der Waals surface area contributed by atoms with Crippen LogP contribution in [0.2, 0.25) is 5.02 Å². The summed E-state index contributed by atoms with van der Waals surface area (Å²) < 4.78 is 34.7. The lowest BCUT2D eigenvalue weighted by atomic mass is 10.2. The summed E-state index contributed by atoms with van der Waals surface area (Å²) in [5.74, 6) is -0.752. The van der Waals surface area contributed by atoms with Gasteiger partial charge >= 0.3 is 6.43 Å². The molecule has 0 atom stereocenters. The quantitative estimate of drug-likeness (QED) is 0.700. The minimum absolute atomic E-state index is 0.135. The average molecular weight is 341 g/mol. The van der Waals surface area contributed by atoms with Gasteiger partial charge in [-0.2, -0.15) is 8.78 Å². The molecule has 3 rings (SSSR count). The Labute approximate surface area is 134 Å². The lowest BCUT2D eigenvalue weighted by Crippen LogP contribution is -2.16. The molecule has 9 heteroatoms. The molecule has 23 heavy (non-hydrogen) atoms. The third kappa shape index (κ3) is 3.48. The first-order valence-electron chi connectivity index (χ1n) is 6.57. The van der Waals surface area contributed by atoms with Gasteiger partial charge in [-0.3, -0.25) is 0 Å². The second-order valence-electron chi connectivity index (χ2n) is 4.76. The molecule has 0 bridgehead atoms. The van der Waals surface area contributed by atoms with Crippen LogP contribution >= 0.6 is 11.6 Å². The highest BCUT2D eigenvalue weighted by Crippen LogP contribution is 2.25. The number of hydrogen-bond acceptors (Lipinski definition) is 6. The molecule has 0 aliphatic rings. The Morgan fingerprint density at radius 3 is 2.78 bits per heavy atom. The molecule has 0 saturated heterocycles. The van der Waals surface area contributed by atoms with Gasteiger partial charge in [0.2, 0.25) is 5.76 Å². The Bertz CT molecular complexity index is 805. The Kier molecular flexibility index (Phi) is 4.24. The number of aromatic nitrogens is 3. The van der Waals surface area contributed by atoms with E-state index in [2.05, 4.69) is 15.4 Å². The molecule has 6 nitrogen and oxygen atoms in total.